The molecule has 6 aromatic heterocycles. The standard InChI is InChI=1S/C85H49F5N6/c86-67-26-17-27-68(87)83(67)50-44-81(95-77-46-51(91-69-28-9-1-18-55(69)56-19-2-10-29-70(56)91)36-40-63(77)64-41-37-52(47-78(64)95)92-71-30-11-3-20-57(71)58-21-4-12-31-72(58)92)84(85(88,89)90)82(45-50)96-79-48-53(93-73-32-13-5-22-59(73)60-23-6-14-33-74(60)93)38-42-65(79)66-43-39-54(49-80(66)96)94-75-34-15-7-24-61(75)62-25-8-16-35-76(62)94/h1-49H. The smallest absolute Gasteiger partial charge is 0.309 e. The molecule has 20 rings (SSSR count). The van der Waals surface area contributed by atoms with Crippen LogP contribution < -0.4 is 0 Å². The molecule has 0 spiro atoms. The lowest BCUT2D eigenvalue weighted by Crippen LogP contribution is -2.16. The predicted molar refractivity (Wildman–Crippen MR) is 383 cm³/mol. The molecule has 96 heavy (non-hydrogen) atoms. The number of benzene rings is 14. The van der Waals surface area contributed by atoms with Crippen LogP contribution in [0.1, 0.15) is 5.56 Å². The van der Waals surface area contributed by atoms with Gasteiger partial charge in [0, 0.05) is 87.4 Å². The highest BCUT2D eigenvalue weighted by Gasteiger charge is 2.40. The molecule has 0 amide bonds. The third-order valence-electron chi connectivity index (χ3n) is 19.9. The molecule has 0 bridgehead atoms. The van der Waals surface area contributed by atoms with Crippen LogP contribution in [0.2, 0.25) is 0 Å². The lowest BCUT2D eigenvalue weighted by atomic mass is 9.98. The average molecular weight is 1250 g/mol. The molecule has 0 aliphatic rings. The maximum Gasteiger partial charge on any atom is 0.420 e. The summed E-state index contributed by atoms with van der Waals surface area (Å²) in [7, 11) is 0. The fourth-order valence-electron chi connectivity index (χ4n) is 16.0. The zero-order chi connectivity index (χ0) is 63.8. The van der Waals surface area contributed by atoms with Crippen molar-refractivity contribution in [3.8, 4) is 45.3 Å². The highest BCUT2D eigenvalue weighted by atomic mass is 19.4. The third-order valence-corrected chi connectivity index (χ3v) is 19.9. The molecule has 0 saturated carbocycles. The van der Waals surface area contributed by atoms with Gasteiger partial charge in [-0.05, 0) is 127 Å². The van der Waals surface area contributed by atoms with Crippen molar-refractivity contribution in [1.29, 1.82) is 0 Å². The van der Waals surface area contributed by atoms with Gasteiger partial charge in [0.25, 0.3) is 0 Å². The Balaban J connectivity index is 0.963. The topological polar surface area (TPSA) is 29.6 Å². The first kappa shape index (κ1) is 54.1. The van der Waals surface area contributed by atoms with E-state index < -0.39 is 28.9 Å². The summed E-state index contributed by atoms with van der Waals surface area (Å²) < 4.78 is 101. The quantitative estimate of drug-likeness (QED) is 0.142. The molecule has 11 heteroatoms. The maximum absolute atomic E-state index is 18.2. The minimum absolute atomic E-state index is 0.0946. The SMILES string of the molecule is Fc1cccc(F)c1-c1cc(-n2c3cc(-n4c5ccccc5c5ccccc54)ccc3c3ccc(-n4c5ccccc5c5ccccc54)cc32)c(C(F)(F)F)c(-n2c3cc(-n4c5ccccc5c5ccccc54)ccc3c3ccc(-n4c5ccccc5c5ccccc54)cc32)c1. The number of rotatable bonds is 7. The molecule has 0 radical (unpaired) electrons. The molecule has 14 aromatic carbocycles. The fourth-order valence-corrected chi connectivity index (χ4v) is 16.0. The van der Waals surface area contributed by atoms with E-state index in [2.05, 4.69) is 115 Å². The monoisotopic (exact) mass is 1250 g/mol. The molecule has 20 aromatic rings. The lowest BCUT2D eigenvalue weighted by Gasteiger charge is -2.24. The van der Waals surface area contributed by atoms with E-state index in [9.17, 15) is 0 Å². The Kier molecular flexibility index (Phi) is 11.3. The van der Waals surface area contributed by atoms with E-state index in [1.807, 2.05) is 170 Å². The van der Waals surface area contributed by atoms with Crippen molar-refractivity contribution in [3.05, 3.63) is 314 Å². The van der Waals surface area contributed by atoms with E-state index in [4.69, 9.17) is 0 Å². The third kappa shape index (κ3) is 7.61. The summed E-state index contributed by atoms with van der Waals surface area (Å²) in [5.74, 6) is -1.86. The van der Waals surface area contributed by atoms with Crippen molar-refractivity contribution in [1.82, 2.24) is 27.4 Å². The Morgan fingerprint density at radius 2 is 0.427 bits per heavy atom. The Hall–Kier alpha value is -12.5. The number of nitrogens with zero attached hydrogens (tertiary/aromatic N) is 6. The van der Waals surface area contributed by atoms with Crippen molar-refractivity contribution in [2.45, 2.75) is 6.18 Å². The van der Waals surface area contributed by atoms with Crippen LogP contribution in [-0.2, 0) is 6.18 Å². The molecule has 0 N–H and O–H groups in total. The van der Waals surface area contributed by atoms with E-state index in [1.165, 1.54) is 18.2 Å². The molecule has 0 aliphatic carbocycles. The van der Waals surface area contributed by atoms with Gasteiger partial charge >= 0.3 is 6.18 Å². The molecule has 0 aliphatic heterocycles. The van der Waals surface area contributed by atoms with E-state index >= 15 is 22.0 Å². The van der Waals surface area contributed by atoms with Gasteiger partial charge in [0.15, 0.2) is 0 Å². The number of halogens is 5. The van der Waals surface area contributed by atoms with Gasteiger partial charge in [-0.15, -0.1) is 0 Å². The second kappa shape index (κ2) is 20.0. The minimum atomic E-state index is -5.15. The van der Waals surface area contributed by atoms with Crippen LogP contribution in [0.4, 0.5) is 22.0 Å². The van der Waals surface area contributed by atoms with Crippen LogP contribution in [0.25, 0.3) is 176 Å². The summed E-state index contributed by atoms with van der Waals surface area (Å²) in [5.41, 5.74) is 9.64. The van der Waals surface area contributed by atoms with Gasteiger partial charge in [0.1, 0.15) is 17.2 Å². The van der Waals surface area contributed by atoms with Crippen LogP contribution >= 0.6 is 0 Å². The van der Waals surface area contributed by atoms with E-state index in [1.54, 1.807) is 9.13 Å². The second-order valence-electron chi connectivity index (χ2n) is 24.9. The summed E-state index contributed by atoms with van der Waals surface area (Å²) in [4.78, 5) is 0. The van der Waals surface area contributed by atoms with Gasteiger partial charge in [-0.25, -0.2) is 8.78 Å². The van der Waals surface area contributed by atoms with Crippen LogP contribution in [0.15, 0.2) is 297 Å². The van der Waals surface area contributed by atoms with E-state index in [-0.39, 0.29) is 16.9 Å². The fraction of sp³-hybridized carbons (Fsp3) is 0.0118. The van der Waals surface area contributed by atoms with E-state index in [0.717, 1.165) is 99.4 Å². The number of alkyl halides is 3. The predicted octanol–water partition coefficient (Wildman–Crippen LogP) is 23.2. The average Bonchev–Trinajstić information content (AvgIpc) is 1.52. The highest BCUT2D eigenvalue weighted by Crippen LogP contribution is 2.49. The molecule has 0 atom stereocenters. The molecular weight excluding hydrogens is 1200 g/mol. The Morgan fingerprint density at radius 3 is 0.656 bits per heavy atom. The van der Waals surface area contributed by atoms with Gasteiger partial charge in [0.05, 0.1) is 83.1 Å². The summed E-state index contributed by atoms with van der Waals surface area (Å²) >= 11 is 0. The first-order valence-corrected chi connectivity index (χ1v) is 31.9. The molecule has 6 nitrogen and oxygen atoms in total. The molecule has 0 saturated heterocycles. The molecule has 454 valence electrons. The van der Waals surface area contributed by atoms with Gasteiger partial charge in [-0.3, -0.25) is 0 Å². The molecular formula is C85H49F5N6. The van der Waals surface area contributed by atoms with Gasteiger partial charge in [-0.2, -0.15) is 13.2 Å². The van der Waals surface area contributed by atoms with Gasteiger partial charge in [0.2, 0.25) is 0 Å². The molecule has 0 unspecified atom stereocenters. The van der Waals surface area contributed by atoms with Crippen molar-refractivity contribution in [3.63, 3.8) is 0 Å². The highest BCUT2D eigenvalue weighted by molar-refractivity contribution is 6.17. The first-order valence-electron chi connectivity index (χ1n) is 31.9. The number of hydrogen-bond acceptors (Lipinski definition) is 0. The van der Waals surface area contributed by atoms with Crippen molar-refractivity contribution in [2.75, 3.05) is 0 Å². The van der Waals surface area contributed by atoms with Crippen LogP contribution in [0.5, 0.6) is 0 Å². The summed E-state index contributed by atoms with van der Waals surface area (Å²) in [6.45, 7) is 0. The Labute approximate surface area is 543 Å². The van der Waals surface area contributed by atoms with Crippen LogP contribution in [-0.4, -0.2) is 27.4 Å². The van der Waals surface area contributed by atoms with Gasteiger partial charge < -0.3 is 27.4 Å². The molecule has 6 heterocycles. The summed E-state index contributed by atoms with van der Waals surface area (Å²) in [6.07, 6.45) is -5.15. The van der Waals surface area contributed by atoms with Crippen LogP contribution in [0, 0.1) is 11.6 Å². The van der Waals surface area contributed by atoms with Crippen LogP contribution in [0.3, 0.4) is 0 Å². The van der Waals surface area contributed by atoms with Gasteiger partial charge in [-0.1, -0.05) is 176 Å². The Morgan fingerprint density at radius 1 is 0.208 bits per heavy atom. The number of fused-ring (bicyclic) bond motifs is 18. The first-order chi connectivity index (χ1) is 47.1. The largest absolute Gasteiger partial charge is 0.420 e. The maximum atomic E-state index is 18.2. The van der Waals surface area contributed by atoms with Crippen molar-refractivity contribution < 1.29 is 22.0 Å². The zero-order valence-corrected chi connectivity index (χ0v) is 50.9. The summed E-state index contributed by atoms with van der Waals surface area (Å²) in [6, 6.07) is 95.1. The molecule has 0 fully saturated rings. The number of aromatic nitrogens is 6. The normalized spacial score (nSPS) is 12.4. The zero-order valence-electron chi connectivity index (χ0n) is 50.9. The van der Waals surface area contributed by atoms with Crippen molar-refractivity contribution in [2.24, 2.45) is 0 Å². The summed E-state index contributed by atoms with van der Waals surface area (Å²) in [5, 5.41) is 10.8. The Bertz CT molecular complexity index is 5800. The lowest BCUT2D eigenvalue weighted by molar-refractivity contribution is -0.137. The second-order valence-corrected chi connectivity index (χ2v) is 24.9. The van der Waals surface area contributed by atoms with E-state index in [0.29, 0.717) is 66.4 Å². The number of hydrogen-bond donors (Lipinski definition) is 0. The minimum Gasteiger partial charge on any atom is -0.309 e. The number of para-hydroxylation sites is 8. The van der Waals surface area contributed by atoms with Crippen molar-refractivity contribution >= 4 is 131 Å².